The van der Waals surface area contributed by atoms with Gasteiger partial charge in [0.05, 0.1) is 6.61 Å². The monoisotopic (exact) mass is 396 g/mol. The molecule has 1 radical (unpaired) electrons. The Morgan fingerprint density at radius 1 is 0.926 bits per heavy atom. The molecule has 1 N–H and O–H groups in total. The van der Waals surface area contributed by atoms with Crippen LogP contribution in [0.4, 0.5) is 0 Å². The predicted octanol–water partition coefficient (Wildman–Crippen LogP) is 6.26. The summed E-state index contributed by atoms with van der Waals surface area (Å²) < 4.78 is 29.5. The van der Waals surface area contributed by atoms with Crippen molar-refractivity contribution >= 4 is 10.0 Å². The molecule has 1 aromatic rings. The molecule has 155 valence electrons. The van der Waals surface area contributed by atoms with Crippen LogP contribution in [0, 0.1) is 0 Å². The van der Waals surface area contributed by atoms with E-state index in [-0.39, 0.29) is 10.3 Å². The molecule has 4 nitrogen and oxygen atoms in total. The third-order valence-electron chi connectivity index (χ3n) is 5.18. The molecule has 0 atom stereocenters. The van der Waals surface area contributed by atoms with Crippen LogP contribution in [0.2, 0.25) is 0 Å². The molecule has 0 unspecified atom stereocenters. The molecule has 27 heavy (non-hydrogen) atoms. The Morgan fingerprint density at radius 3 is 2.15 bits per heavy atom. The zero-order valence-electron chi connectivity index (χ0n) is 17.6. The van der Waals surface area contributed by atoms with Crippen LogP contribution in [0.1, 0.15) is 97.5 Å². The minimum absolute atomic E-state index is 0.0263. The van der Waals surface area contributed by atoms with Gasteiger partial charge in [0.15, 0.2) is 0 Å². The highest BCUT2D eigenvalue weighted by Gasteiger charge is 2.24. The summed E-state index contributed by atoms with van der Waals surface area (Å²) >= 11 is 0. The molecule has 0 aliphatic heterocycles. The van der Waals surface area contributed by atoms with E-state index in [0.717, 1.165) is 31.2 Å². The Balaban J connectivity index is 2.82. The Morgan fingerprint density at radius 2 is 1.52 bits per heavy atom. The zero-order valence-corrected chi connectivity index (χ0v) is 18.5. The summed E-state index contributed by atoms with van der Waals surface area (Å²) in [7, 11) is -4.05. The van der Waals surface area contributed by atoms with Gasteiger partial charge in [-0.25, -0.2) is 8.42 Å². The summed E-state index contributed by atoms with van der Waals surface area (Å²) in [6.07, 6.45) is 11.5. The molecule has 0 bridgehead atoms. The molecule has 0 fully saturated rings. The Kier molecular flexibility index (Phi) is 10.4. The molecule has 0 spiro atoms. The summed E-state index contributed by atoms with van der Waals surface area (Å²) in [6, 6.07) is 5.21. The first-order chi connectivity index (χ1) is 12.7. The van der Waals surface area contributed by atoms with Gasteiger partial charge < -0.3 is 4.74 Å². The molecule has 0 aliphatic rings. The van der Waals surface area contributed by atoms with E-state index in [9.17, 15) is 8.42 Å². The lowest BCUT2D eigenvalue weighted by atomic mass is 9.80. The predicted molar refractivity (Wildman–Crippen MR) is 113 cm³/mol. The Labute approximate surface area is 166 Å². The van der Waals surface area contributed by atoms with Crippen molar-refractivity contribution in [2.24, 2.45) is 0 Å². The molecule has 0 heterocycles. The quantitative estimate of drug-likeness (QED) is 0.349. The first-order valence-corrected chi connectivity index (χ1v) is 12.0. The average Bonchev–Trinajstić information content (AvgIpc) is 2.60. The van der Waals surface area contributed by atoms with Crippen LogP contribution in [-0.4, -0.2) is 15.0 Å². The summed E-state index contributed by atoms with van der Waals surface area (Å²) in [4.78, 5) is -0.0263. The van der Waals surface area contributed by atoms with E-state index in [4.69, 9.17) is 9.88 Å². The molecule has 0 amide bonds. The SMILES string of the molecule is CCCCCCCCOc1cc(C(C)(C)CCCCC)ccc1S([NH])(=O)=O. The first-order valence-electron chi connectivity index (χ1n) is 10.5. The molecule has 0 saturated carbocycles. The van der Waals surface area contributed by atoms with Gasteiger partial charge in [0.1, 0.15) is 10.6 Å². The molecule has 0 saturated heterocycles. The number of benzene rings is 1. The number of unbranched alkanes of at least 4 members (excludes halogenated alkanes) is 7. The Bertz CT molecular complexity index is 654. The highest BCUT2D eigenvalue weighted by atomic mass is 32.2. The third-order valence-corrected chi connectivity index (χ3v) is 6.09. The van der Waals surface area contributed by atoms with Crippen LogP contribution in [0.15, 0.2) is 23.1 Å². The van der Waals surface area contributed by atoms with Crippen molar-refractivity contribution in [3.05, 3.63) is 23.8 Å². The van der Waals surface area contributed by atoms with E-state index in [0.29, 0.717) is 12.4 Å². The van der Waals surface area contributed by atoms with E-state index in [1.165, 1.54) is 44.6 Å². The molecular formula is C22H38NO3S. The van der Waals surface area contributed by atoms with Gasteiger partial charge in [0.2, 0.25) is 0 Å². The molecule has 5 heteroatoms. The minimum atomic E-state index is -4.05. The van der Waals surface area contributed by atoms with Gasteiger partial charge in [0.25, 0.3) is 10.0 Å². The smallest absolute Gasteiger partial charge is 0.257 e. The highest BCUT2D eigenvalue weighted by molar-refractivity contribution is 7.89. The Hall–Kier alpha value is -1.07. The van der Waals surface area contributed by atoms with Crippen molar-refractivity contribution in [3.63, 3.8) is 0 Å². The second kappa shape index (κ2) is 11.7. The van der Waals surface area contributed by atoms with Crippen LogP contribution in [-0.2, 0) is 15.4 Å². The van der Waals surface area contributed by atoms with E-state index < -0.39 is 10.0 Å². The fourth-order valence-corrected chi connectivity index (χ4v) is 3.92. The van der Waals surface area contributed by atoms with E-state index in [2.05, 4.69) is 27.7 Å². The van der Waals surface area contributed by atoms with Gasteiger partial charge in [-0.1, -0.05) is 85.1 Å². The van der Waals surface area contributed by atoms with Crippen molar-refractivity contribution in [3.8, 4) is 5.75 Å². The van der Waals surface area contributed by atoms with E-state index >= 15 is 0 Å². The number of hydrogen-bond acceptors (Lipinski definition) is 3. The lowest BCUT2D eigenvalue weighted by Crippen LogP contribution is -2.18. The van der Waals surface area contributed by atoms with Crippen molar-refractivity contribution in [2.75, 3.05) is 6.61 Å². The number of ether oxygens (including phenoxy) is 1. The van der Waals surface area contributed by atoms with E-state index in [1.807, 2.05) is 12.1 Å². The van der Waals surface area contributed by atoms with Gasteiger partial charge in [-0.05, 0) is 36.0 Å². The van der Waals surface area contributed by atoms with Crippen molar-refractivity contribution in [1.82, 2.24) is 5.14 Å². The first kappa shape index (κ1) is 24.0. The average molecular weight is 397 g/mol. The van der Waals surface area contributed by atoms with Gasteiger partial charge in [-0.3, -0.25) is 0 Å². The number of rotatable bonds is 14. The fraction of sp³-hybridized carbons (Fsp3) is 0.727. The fourth-order valence-electron chi connectivity index (χ4n) is 3.29. The van der Waals surface area contributed by atoms with Crippen LogP contribution in [0.25, 0.3) is 0 Å². The maximum Gasteiger partial charge on any atom is 0.257 e. The second-order valence-corrected chi connectivity index (χ2v) is 9.57. The zero-order chi connectivity index (χ0) is 20.3. The summed E-state index contributed by atoms with van der Waals surface area (Å²) in [6.45, 7) is 9.25. The van der Waals surface area contributed by atoms with Crippen LogP contribution in [0.5, 0.6) is 5.75 Å². The van der Waals surface area contributed by atoms with Gasteiger partial charge in [-0.15, -0.1) is 5.14 Å². The van der Waals surface area contributed by atoms with Crippen LogP contribution >= 0.6 is 0 Å². The molecule has 0 aliphatic carbocycles. The van der Waals surface area contributed by atoms with Gasteiger partial charge in [0, 0.05) is 0 Å². The summed E-state index contributed by atoms with van der Waals surface area (Å²) in [5.74, 6) is 0.333. The molecule has 0 aromatic heterocycles. The number of sulfonamides is 1. The molecule has 1 rings (SSSR count). The third kappa shape index (κ3) is 8.65. The molecular weight excluding hydrogens is 358 g/mol. The van der Waals surface area contributed by atoms with Crippen LogP contribution in [0.3, 0.4) is 0 Å². The standard InChI is InChI=1S/C22H38NO3S/c1-5-7-9-10-11-13-17-26-20-18-19(14-15-21(20)27(23,24)25)22(3,4)16-12-8-6-2/h14-15,18,23H,5-13,16-17H2,1-4H3. The minimum Gasteiger partial charge on any atom is -0.492 e. The van der Waals surface area contributed by atoms with Crippen molar-refractivity contribution < 1.29 is 13.2 Å². The lowest BCUT2D eigenvalue weighted by Gasteiger charge is -2.26. The summed E-state index contributed by atoms with van der Waals surface area (Å²) in [5.41, 5.74) is 1.03. The maximum atomic E-state index is 11.8. The van der Waals surface area contributed by atoms with Gasteiger partial charge >= 0.3 is 0 Å². The maximum absolute atomic E-state index is 11.8. The largest absolute Gasteiger partial charge is 0.492 e. The van der Waals surface area contributed by atoms with Crippen LogP contribution < -0.4 is 9.88 Å². The van der Waals surface area contributed by atoms with E-state index in [1.54, 1.807) is 0 Å². The number of hydrogen-bond donors (Lipinski definition) is 0. The van der Waals surface area contributed by atoms with Crippen molar-refractivity contribution in [1.29, 1.82) is 0 Å². The molecule has 1 aromatic carbocycles. The number of nitrogens with one attached hydrogen (secondary N) is 1. The van der Waals surface area contributed by atoms with Gasteiger partial charge in [-0.2, -0.15) is 0 Å². The highest BCUT2D eigenvalue weighted by Crippen LogP contribution is 2.34. The lowest BCUT2D eigenvalue weighted by molar-refractivity contribution is 0.295. The van der Waals surface area contributed by atoms with Crippen molar-refractivity contribution in [2.45, 2.75) is 102 Å². The second-order valence-electron chi connectivity index (χ2n) is 8.12. The topological polar surface area (TPSA) is 67.2 Å². The normalized spacial score (nSPS) is 12.3. The summed E-state index contributed by atoms with van der Waals surface area (Å²) in [5, 5.41) is 7.46.